The lowest BCUT2D eigenvalue weighted by atomic mass is 10.2. The standard InChI is InChI=1S/C6H13N.C2H6/c1-4-6(5-2)7-3;1-2/h4-5H2,1-3H3;1-2H3. The van der Waals surface area contributed by atoms with Crippen LogP contribution >= 0.6 is 0 Å². The molecule has 0 saturated heterocycles. The van der Waals surface area contributed by atoms with Crippen molar-refractivity contribution in [3.63, 3.8) is 0 Å². The fourth-order valence-corrected chi connectivity index (χ4v) is 0.566. The minimum Gasteiger partial charge on any atom is -0.297 e. The summed E-state index contributed by atoms with van der Waals surface area (Å²) < 4.78 is 0. The van der Waals surface area contributed by atoms with Gasteiger partial charge < -0.3 is 0 Å². The normalized spacial score (nSPS) is 7.22. The summed E-state index contributed by atoms with van der Waals surface area (Å²) in [6.45, 7) is 8.26. The molecule has 1 heteroatoms. The van der Waals surface area contributed by atoms with Gasteiger partial charge in [0.15, 0.2) is 0 Å². The van der Waals surface area contributed by atoms with Crippen LogP contribution in [0.5, 0.6) is 0 Å². The van der Waals surface area contributed by atoms with Gasteiger partial charge in [-0.2, -0.15) is 0 Å². The molecule has 0 aromatic heterocycles. The number of rotatable bonds is 2. The van der Waals surface area contributed by atoms with Crippen molar-refractivity contribution >= 4 is 5.71 Å². The Morgan fingerprint density at radius 3 is 1.44 bits per heavy atom. The zero-order valence-electron chi connectivity index (χ0n) is 7.36. The molecule has 0 aromatic rings. The third-order valence-electron chi connectivity index (χ3n) is 1.13. The van der Waals surface area contributed by atoms with E-state index in [9.17, 15) is 0 Å². The van der Waals surface area contributed by atoms with Crippen molar-refractivity contribution in [2.24, 2.45) is 4.99 Å². The van der Waals surface area contributed by atoms with Gasteiger partial charge in [-0.15, -0.1) is 0 Å². The average Bonchev–Trinajstić information content (AvgIpc) is 1.96. The van der Waals surface area contributed by atoms with Gasteiger partial charge in [0.05, 0.1) is 0 Å². The molecule has 0 aliphatic rings. The van der Waals surface area contributed by atoms with Crippen LogP contribution in [0.2, 0.25) is 0 Å². The van der Waals surface area contributed by atoms with Crippen molar-refractivity contribution in [1.29, 1.82) is 0 Å². The maximum Gasteiger partial charge on any atom is 0.0276 e. The van der Waals surface area contributed by atoms with Crippen molar-refractivity contribution in [2.75, 3.05) is 7.05 Å². The maximum absolute atomic E-state index is 4.04. The number of nitrogens with zero attached hydrogens (tertiary/aromatic N) is 1. The molecule has 56 valence electrons. The Balaban J connectivity index is 0. The molecule has 0 heterocycles. The summed E-state index contributed by atoms with van der Waals surface area (Å²) in [6.07, 6.45) is 2.21. The molecule has 0 aliphatic carbocycles. The Kier molecular flexibility index (Phi) is 13.5. The zero-order chi connectivity index (χ0) is 7.70. The molecule has 0 saturated carbocycles. The number of hydrogen-bond acceptors (Lipinski definition) is 1. The Morgan fingerprint density at radius 1 is 1.11 bits per heavy atom. The van der Waals surface area contributed by atoms with Crippen LogP contribution in [0, 0.1) is 0 Å². The minimum absolute atomic E-state index is 1.10. The second kappa shape index (κ2) is 10.6. The topological polar surface area (TPSA) is 12.4 Å². The van der Waals surface area contributed by atoms with Gasteiger partial charge in [0.1, 0.15) is 0 Å². The van der Waals surface area contributed by atoms with Crippen molar-refractivity contribution in [2.45, 2.75) is 40.5 Å². The first-order valence-electron chi connectivity index (χ1n) is 3.79. The smallest absolute Gasteiger partial charge is 0.0276 e. The number of hydrogen-bond donors (Lipinski definition) is 0. The SMILES string of the molecule is CC.CCC(CC)=NC. The van der Waals surface area contributed by atoms with Crippen molar-refractivity contribution in [3.8, 4) is 0 Å². The first-order valence-corrected chi connectivity index (χ1v) is 3.79. The van der Waals surface area contributed by atoms with Gasteiger partial charge >= 0.3 is 0 Å². The van der Waals surface area contributed by atoms with Crippen LogP contribution in [0.15, 0.2) is 4.99 Å². The Hall–Kier alpha value is -0.330. The first kappa shape index (κ1) is 11.5. The highest BCUT2D eigenvalue weighted by atomic mass is 14.7. The lowest BCUT2D eigenvalue weighted by Crippen LogP contribution is -1.90. The first-order chi connectivity index (χ1) is 4.35. The zero-order valence-corrected chi connectivity index (χ0v) is 7.36. The summed E-state index contributed by atoms with van der Waals surface area (Å²) >= 11 is 0. The van der Waals surface area contributed by atoms with E-state index in [-0.39, 0.29) is 0 Å². The van der Waals surface area contributed by atoms with Gasteiger partial charge in [0.2, 0.25) is 0 Å². The predicted octanol–water partition coefficient (Wildman–Crippen LogP) is 2.90. The molecule has 0 N–H and O–H groups in total. The summed E-state index contributed by atoms with van der Waals surface area (Å²) in [5.74, 6) is 0. The van der Waals surface area contributed by atoms with Crippen LogP contribution in [0.25, 0.3) is 0 Å². The van der Waals surface area contributed by atoms with E-state index in [0.717, 1.165) is 12.8 Å². The molecule has 0 amide bonds. The molecular formula is C8H19N. The van der Waals surface area contributed by atoms with Gasteiger partial charge in [-0.25, -0.2) is 0 Å². The van der Waals surface area contributed by atoms with Crippen molar-refractivity contribution in [3.05, 3.63) is 0 Å². The molecule has 9 heavy (non-hydrogen) atoms. The quantitative estimate of drug-likeness (QED) is 0.508. The van der Waals surface area contributed by atoms with E-state index in [0.29, 0.717) is 0 Å². The fourth-order valence-electron chi connectivity index (χ4n) is 0.566. The van der Waals surface area contributed by atoms with E-state index in [2.05, 4.69) is 18.8 Å². The molecule has 0 rings (SSSR count). The van der Waals surface area contributed by atoms with E-state index >= 15 is 0 Å². The molecule has 0 spiro atoms. The summed E-state index contributed by atoms with van der Waals surface area (Å²) in [4.78, 5) is 4.04. The van der Waals surface area contributed by atoms with E-state index < -0.39 is 0 Å². The summed E-state index contributed by atoms with van der Waals surface area (Å²) in [6, 6.07) is 0. The summed E-state index contributed by atoms with van der Waals surface area (Å²) in [7, 11) is 1.85. The van der Waals surface area contributed by atoms with E-state index in [4.69, 9.17) is 0 Å². The highest BCUT2D eigenvalue weighted by Gasteiger charge is 1.84. The summed E-state index contributed by atoms with van der Waals surface area (Å²) in [5.41, 5.74) is 1.31. The lowest BCUT2D eigenvalue weighted by Gasteiger charge is -1.91. The fraction of sp³-hybridized carbons (Fsp3) is 0.875. The molecule has 1 nitrogen and oxygen atoms in total. The van der Waals surface area contributed by atoms with Crippen molar-refractivity contribution in [1.82, 2.24) is 0 Å². The van der Waals surface area contributed by atoms with E-state index in [1.807, 2.05) is 20.9 Å². The Bertz CT molecular complexity index is 59.0. The van der Waals surface area contributed by atoms with Gasteiger partial charge in [-0.3, -0.25) is 4.99 Å². The molecule has 0 bridgehead atoms. The summed E-state index contributed by atoms with van der Waals surface area (Å²) in [5, 5.41) is 0. The predicted molar refractivity (Wildman–Crippen MR) is 45.3 cm³/mol. The van der Waals surface area contributed by atoms with Gasteiger partial charge in [-0.1, -0.05) is 27.7 Å². The molecule has 0 unspecified atom stereocenters. The van der Waals surface area contributed by atoms with Crippen molar-refractivity contribution < 1.29 is 0 Å². The Morgan fingerprint density at radius 2 is 1.44 bits per heavy atom. The largest absolute Gasteiger partial charge is 0.297 e. The molecule has 0 aliphatic heterocycles. The monoisotopic (exact) mass is 129 g/mol. The lowest BCUT2D eigenvalue weighted by molar-refractivity contribution is 1.13. The van der Waals surface area contributed by atoms with E-state index in [1.165, 1.54) is 5.71 Å². The van der Waals surface area contributed by atoms with E-state index in [1.54, 1.807) is 0 Å². The third kappa shape index (κ3) is 7.67. The van der Waals surface area contributed by atoms with Crippen LogP contribution in [0.1, 0.15) is 40.5 Å². The van der Waals surface area contributed by atoms with Crippen LogP contribution in [-0.4, -0.2) is 12.8 Å². The highest BCUT2D eigenvalue weighted by Crippen LogP contribution is 1.88. The maximum atomic E-state index is 4.04. The van der Waals surface area contributed by atoms with Gasteiger partial charge in [0.25, 0.3) is 0 Å². The molecule has 0 atom stereocenters. The van der Waals surface area contributed by atoms with Crippen LogP contribution in [-0.2, 0) is 0 Å². The second-order valence-corrected chi connectivity index (χ2v) is 1.50. The van der Waals surface area contributed by atoms with Crippen LogP contribution < -0.4 is 0 Å². The second-order valence-electron chi connectivity index (χ2n) is 1.50. The van der Waals surface area contributed by atoms with Gasteiger partial charge in [0, 0.05) is 12.8 Å². The third-order valence-corrected chi connectivity index (χ3v) is 1.13. The van der Waals surface area contributed by atoms with Gasteiger partial charge in [-0.05, 0) is 12.8 Å². The number of aliphatic imine (C=N–C) groups is 1. The molecule has 0 aromatic carbocycles. The van der Waals surface area contributed by atoms with Crippen LogP contribution in [0.4, 0.5) is 0 Å². The molecule has 0 fully saturated rings. The average molecular weight is 129 g/mol. The molecule has 0 radical (unpaired) electrons. The minimum atomic E-state index is 1.10. The van der Waals surface area contributed by atoms with Crippen LogP contribution in [0.3, 0.4) is 0 Å². The highest BCUT2D eigenvalue weighted by molar-refractivity contribution is 5.83. The Labute approximate surface area is 59.2 Å². The molecular weight excluding hydrogens is 110 g/mol.